The van der Waals surface area contributed by atoms with Crippen molar-refractivity contribution in [1.82, 2.24) is 10.2 Å². The van der Waals surface area contributed by atoms with Crippen molar-refractivity contribution in [2.45, 2.75) is 18.7 Å². The molecule has 0 radical (unpaired) electrons. The monoisotopic (exact) mass is 300 g/mol. The predicted molar refractivity (Wildman–Crippen MR) is 85.3 cm³/mol. The summed E-state index contributed by atoms with van der Waals surface area (Å²) in [5.74, 6) is 2.51. The zero-order valence-corrected chi connectivity index (χ0v) is 13.5. The average Bonchev–Trinajstić information content (AvgIpc) is 2.80. The molecule has 0 unspecified atom stereocenters. The summed E-state index contributed by atoms with van der Waals surface area (Å²) < 4.78 is 5.01. The lowest BCUT2D eigenvalue weighted by Crippen LogP contribution is -2.30. The molecule has 108 valence electrons. The molecule has 0 atom stereocenters. The predicted octanol–water partition coefficient (Wildman–Crippen LogP) is 2.21. The van der Waals surface area contributed by atoms with Crippen LogP contribution in [0.4, 0.5) is 0 Å². The topological polar surface area (TPSA) is 24.5 Å². The van der Waals surface area contributed by atoms with Crippen molar-refractivity contribution in [1.29, 1.82) is 0 Å². The summed E-state index contributed by atoms with van der Waals surface area (Å²) in [6, 6.07) is 2.42. The minimum atomic E-state index is 0.791. The molecule has 2 heterocycles. The van der Waals surface area contributed by atoms with E-state index in [1.54, 1.807) is 17.6 Å². The van der Waals surface area contributed by atoms with Gasteiger partial charge in [-0.1, -0.05) is 0 Å². The second kappa shape index (κ2) is 8.27. The highest BCUT2D eigenvalue weighted by Crippen LogP contribution is 2.32. The molecule has 1 aromatic rings. The van der Waals surface area contributed by atoms with Gasteiger partial charge in [-0.2, -0.15) is 11.8 Å². The molecule has 0 saturated carbocycles. The minimum absolute atomic E-state index is 0.791. The number of nitrogens with one attached hydrogen (secondary N) is 1. The van der Waals surface area contributed by atoms with E-state index in [0.717, 1.165) is 32.8 Å². The van der Waals surface area contributed by atoms with Crippen LogP contribution in [0.25, 0.3) is 0 Å². The minimum Gasteiger partial charge on any atom is -0.383 e. The highest BCUT2D eigenvalue weighted by atomic mass is 32.2. The van der Waals surface area contributed by atoms with E-state index in [4.69, 9.17) is 4.74 Å². The third-order valence-electron chi connectivity index (χ3n) is 3.26. The van der Waals surface area contributed by atoms with E-state index in [1.807, 2.05) is 11.3 Å². The van der Waals surface area contributed by atoms with Crippen LogP contribution in [0.5, 0.6) is 0 Å². The summed E-state index contributed by atoms with van der Waals surface area (Å²) in [4.78, 5) is 5.54. The number of likely N-dealkylation sites (N-methyl/N-ethyl adjacent to an activating group) is 1. The fourth-order valence-electron chi connectivity index (χ4n) is 2.20. The Balaban J connectivity index is 1.69. The highest BCUT2D eigenvalue weighted by molar-refractivity contribution is 7.98. The van der Waals surface area contributed by atoms with E-state index in [0.29, 0.717) is 0 Å². The van der Waals surface area contributed by atoms with Gasteiger partial charge in [-0.05, 0) is 30.9 Å². The van der Waals surface area contributed by atoms with Gasteiger partial charge in [0.05, 0.1) is 6.61 Å². The number of aryl methyl sites for hydroxylation is 1. The zero-order valence-electron chi connectivity index (χ0n) is 11.9. The molecule has 0 aromatic carbocycles. The van der Waals surface area contributed by atoms with E-state index in [9.17, 15) is 0 Å². The Bertz CT molecular complexity index is 358. The Morgan fingerprint density at radius 3 is 3.11 bits per heavy atom. The van der Waals surface area contributed by atoms with Gasteiger partial charge < -0.3 is 15.0 Å². The van der Waals surface area contributed by atoms with E-state index in [2.05, 4.69) is 35.1 Å². The molecule has 1 aromatic heterocycles. The van der Waals surface area contributed by atoms with Gasteiger partial charge in [-0.3, -0.25) is 0 Å². The highest BCUT2D eigenvalue weighted by Gasteiger charge is 2.14. The third-order valence-corrected chi connectivity index (χ3v) is 5.49. The third kappa shape index (κ3) is 5.08. The number of thiophene rings is 1. The second-order valence-corrected chi connectivity index (χ2v) is 7.27. The lowest BCUT2D eigenvalue weighted by molar-refractivity contribution is 0.197. The first-order valence-corrected chi connectivity index (χ1v) is 8.83. The SMILES string of the molecule is COCCNCCN(C)Cc1cc2c(s1)CCSC2. The van der Waals surface area contributed by atoms with Gasteiger partial charge in [0.25, 0.3) is 0 Å². The van der Waals surface area contributed by atoms with Crippen LogP contribution in [0.15, 0.2) is 6.07 Å². The van der Waals surface area contributed by atoms with Crippen LogP contribution >= 0.6 is 23.1 Å². The molecule has 2 rings (SSSR count). The van der Waals surface area contributed by atoms with Gasteiger partial charge in [0.15, 0.2) is 0 Å². The first-order valence-electron chi connectivity index (χ1n) is 6.86. The zero-order chi connectivity index (χ0) is 13.5. The number of hydrogen-bond donors (Lipinski definition) is 1. The Kier molecular flexibility index (Phi) is 6.67. The number of fused-ring (bicyclic) bond motifs is 1. The quantitative estimate of drug-likeness (QED) is 0.744. The lowest BCUT2D eigenvalue weighted by Gasteiger charge is -2.15. The summed E-state index contributed by atoms with van der Waals surface area (Å²) in [5, 5.41) is 3.39. The van der Waals surface area contributed by atoms with Crippen LogP contribution in [0.2, 0.25) is 0 Å². The van der Waals surface area contributed by atoms with Gasteiger partial charge in [0.1, 0.15) is 0 Å². The molecule has 0 bridgehead atoms. The normalized spacial score (nSPS) is 14.9. The van der Waals surface area contributed by atoms with Gasteiger partial charge >= 0.3 is 0 Å². The van der Waals surface area contributed by atoms with Crippen molar-refractivity contribution in [3.05, 3.63) is 21.4 Å². The molecule has 5 heteroatoms. The van der Waals surface area contributed by atoms with E-state index >= 15 is 0 Å². The van der Waals surface area contributed by atoms with Crippen molar-refractivity contribution in [3.8, 4) is 0 Å². The van der Waals surface area contributed by atoms with Crippen molar-refractivity contribution in [2.24, 2.45) is 0 Å². The molecule has 0 aliphatic carbocycles. The first kappa shape index (κ1) is 15.3. The average molecular weight is 300 g/mol. The number of ether oxygens (including phenoxy) is 1. The number of thioether (sulfide) groups is 1. The summed E-state index contributed by atoms with van der Waals surface area (Å²) in [7, 11) is 3.94. The fourth-order valence-corrected chi connectivity index (χ4v) is 4.66. The molecular weight excluding hydrogens is 276 g/mol. The molecule has 1 N–H and O–H groups in total. The number of nitrogens with zero attached hydrogens (tertiary/aromatic N) is 1. The molecule has 0 spiro atoms. The van der Waals surface area contributed by atoms with E-state index < -0.39 is 0 Å². The lowest BCUT2D eigenvalue weighted by atomic mass is 10.2. The van der Waals surface area contributed by atoms with Gasteiger partial charge in [-0.25, -0.2) is 0 Å². The van der Waals surface area contributed by atoms with Gasteiger partial charge in [0, 0.05) is 48.8 Å². The molecule has 0 saturated heterocycles. The van der Waals surface area contributed by atoms with Crippen LogP contribution in [-0.4, -0.2) is 51.1 Å². The van der Waals surface area contributed by atoms with Crippen LogP contribution in [-0.2, 0) is 23.5 Å². The molecule has 0 amide bonds. The van der Waals surface area contributed by atoms with Gasteiger partial charge in [0.2, 0.25) is 0 Å². The fraction of sp³-hybridized carbons (Fsp3) is 0.714. The van der Waals surface area contributed by atoms with E-state index in [1.165, 1.54) is 22.8 Å². The van der Waals surface area contributed by atoms with Crippen LogP contribution < -0.4 is 5.32 Å². The molecule has 0 fully saturated rings. The molecule has 1 aliphatic heterocycles. The van der Waals surface area contributed by atoms with Crippen LogP contribution in [0.3, 0.4) is 0 Å². The Labute approximate surface area is 124 Å². The van der Waals surface area contributed by atoms with Crippen molar-refractivity contribution in [2.75, 3.05) is 46.2 Å². The number of methoxy groups -OCH3 is 1. The summed E-state index contributed by atoms with van der Waals surface area (Å²) >= 11 is 4.08. The summed E-state index contributed by atoms with van der Waals surface area (Å²) in [6.45, 7) is 4.92. The Morgan fingerprint density at radius 1 is 1.42 bits per heavy atom. The van der Waals surface area contributed by atoms with Crippen LogP contribution in [0.1, 0.15) is 15.3 Å². The van der Waals surface area contributed by atoms with Crippen LogP contribution in [0, 0.1) is 0 Å². The van der Waals surface area contributed by atoms with Crippen molar-refractivity contribution >= 4 is 23.1 Å². The van der Waals surface area contributed by atoms with Gasteiger partial charge in [-0.15, -0.1) is 11.3 Å². The number of hydrogen-bond acceptors (Lipinski definition) is 5. The van der Waals surface area contributed by atoms with Crippen molar-refractivity contribution in [3.63, 3.8) is 0 Å². The maximum atomic E-state index is 5.01. The summed E-state index contributed by atoms with van der Waals surface area (Å²) in [6.07, 6.45) is 1.27. The maximum absolute atomic E-state index is 5.01. The summed E-state index contributed by atoms with van der Waals surface area (Å²) in [5.41, 5.74) is 1.59. The smallest absolute Gasteiger partial charge is 0.0587 e. The number of rotatable bonds is 8. The maximum Gasteiger partial charge on any atom is 0.0587 e. The Morgan fingerprint density at radius 2 is 2.32 bits per heavy atom. The molecule has 3 nitrogen and oxygen atoms in total. The standard InChI is InChI=1S/C14H24N2OS2/c1-16(6-4-15-5-7-17-2)10-13-9-12-11-18-8-3-14(12)19-13/h9,15H,3-8,10-11H2,1-2H3. The largest absolute Gasteiger partial charge is 0.383 e. The van der Waals surface area contributed by atoms with Crippen molar-refractivity contribution < 1.29 is 4.74 Å². The van der Waals surface area contributed by atoms with E-state index in [-0.39, 0.29) is 0 Å². The molecular formula is C14H24N2OS2. The first-order chi connectivity index (χ1) is 9.29. The molecule has 1 aliphatic rings. The second-order valence-electron chi connectivity index (χ2n) is 4.94. The molecule has 19 heavy (non-hydrogen) atoms. The Hall–Kier alpha value is -0.0700.